The Morgan fingerprint density at radius 1 is 1.15 bits per heavy atom. The smallest absolute Gasteiger partial charge is 0.234 e. The molecular formula is C18H17Cl2N5OS. The summed E-state index contributed by atoms with van der Waals surface area (Å²) < 4.78 is 0. The van der Waals surface area contributed by atoms with Gasteiger partial charge in [-0.2, -0.15) is 0 Å². The van der Waals surface area contributed by atoms with Gasteiger partial charge in [-0.25, -0.2) is 4.98 Å². The van der Waals surface area contributed by atoms with E-state index < -0.39 is 0 Å². The molecule has 9 heteroatoms. The van der Waals surface area contributed by atoms with Gasteiger partial charge in [-0.3, -0.25) is 9.89 Å². The maximum atomic E-state index is 12.0. The Morgan fingerprint density at radius 2 is 2.00 bits per heavy atom. The topological polar surface area (TPSA) is 82.7 Å². The molecule has 140 valence electrons. The number of aryl methyl sites for hydroxylation is 1. The van der Waals surface area contributed by atoms with E-state index in [1.165, 1.54) is 17.3 Å². The number of amides is 1. The quantitative estimate of drug-likeness (QED) is 0.478. The minimum absolute atomic E-state index is 0.178. The molecule has 0 unspecified atom stereocenters. The van der Waals surface area contributed by atoms with Gasteiger partial charge in [0.2, 0.25) is 11.1 Å². The summed E-state index contributed by atoms with van der Waals surface area (Å²) in [6, 6.07) is 13.0. The van der Waals surface area contributed by atoms with Crippen molar-refractivity contribution in [2.45, 2.75) is 18.6 Å². The highest BCUT2D eigenvalue weighted by Gasteiger charge is 2.09. The third kappa shape index (κ3) is 5.89. The van der Waals surface area contributed by atoms with Gasteiger partial charge in [0.05, 0.1) is 22.3 Å². The fourth-order valence-corrected chi connectivity index (χ4v) is 3.18. The van der Waals surface area contributed by atoms with E-state index in [9.17, 15) is 4.79 Å². The summed E-state index contributed by atoms with van der Waals surface area (Å²) in [4.78, 5) is 16.4. The van der Waals surface area contributed by atoms with Crippen LogP contribution in [0.4, 0.5) is 11.4 Å². The molecule has 0 saturated carbocycles. The summed E-state index contributed by atoms with van der Waals surface area (Å²) >= 11 is 13.0. The summed E-state index contributed by atoms with van der Waals surface area (Å²) in [6.45, 7) is 2.56. The largest absolute Gasteiger partial charge is 0.378 e. The number of hydrogen-bond donors (Lipinski definition) is 3. The molecule has 0 spiro atoms. The molecule has 0 aliphatic carbocycles. The van der Waals surface area contributed by atoms with Crippen molar-refractivity contribution in [3.05, 3.63) is 63.9 Å². The second-order valence-corrected chi connectivity index (χ2v) is 7.51. The Hall–Kier alpha value is -2.22. The van der Waals surface area contributed by atoms with Crippen LogP contribution in [0.3, 0.4) is 0 Å². The zero-order chi connectivity index (χ0) is 19.2. The molecule has 0 bridgehead atoms. The first-order valence-electron chi connectivity index (χ1n) is 8.09. The lowest BCUT2D eigenvalue weighted by molar-refractivity contribution is -0.113. The molecule has 1 amide bonds. The molecule has 1 heterocycles. The predicted octanol–water partition coefficient (Wildman–Crippen LogP) is 4.76. The molecular weight excluding hydrogens is 405 g/mol. The summed E-state index contributed by atoms with van der Waals surface area (Å²) in [6.07, 6.45) is 0. The number of aromatic amines is 1. The summed E-state index contributed by atoms with van der Waals surface area (Å²) in [5.74, 6) is 0.703. The number of H-pyrrole nitrogens is 1. The zero-order valence-electron chi connectivity index (χ0n) is 14.4. The Bertz CT molecular complexity index is 947. The van der Waals surface area contributed by atoms with Crippen molar-refractivity contribution in [3.8, 4) is 0 Å². The van der Waals surface area contributed by atoms with Gasteiger partial charge in [-0.15, -0.1) is 5.10 Å². The standard InChI is InChI=1S/C18H17Cl2N5OS/c1-11-3-2-4-12(7-11)21-9-16-23-18(25-24-16)27-10-17(26)22-13-5-6-14(19)15(20)8-13/h2-8,21H,9-10H2,1H3,(H,22,26)(H,23,24,25). The van der Waals surface area contributed by atoms with Gasteiger partial charge in [-0.1, -0.05) is 47.1 Å². The SMILES string of the molecule is Cc1cccc(NCc2nc(SCC(=O)Nc3ccc(Cl)c(Cl)c3)n[nH]2)c1. The number of benzene rings is 2. The fraction of sp³-hybridized carbons (Fsp3) is 0.167. The fourth-order valence-electron chi connectivity index (χ4n) is 2.26. The molecule has 1 aromatic heterocycles. The monoisotopic (exact) mass is 421 g/mol. The second-order valence-electron chi connectivity index (χ2n) is 5.75. The molecule has 0 radical (unpaired) electrons. The van der Waals surface area contributed by atoms with Gasteiger partial charge >= 0.3 is 0 Å². The minimum atomic E-state index is -0.178. The van der Waals surface area contributed by atoms with Crippen LogP contribution in [0, 0.1) is 6.92 Å². The first-order valence-corrected chi connectivity index (χ1v) is 9.83. The molecule has 2 aromatic carbocycles. The molecule has 3 aromatic rings. The zero-order valence-corrected chi connectivity index (χ0v) is 16.8. The van der Waals surface area contributed by atoms with Crippen molar-refractivity contribution in [1.82, 2.24) is 15.2 Å². The molecule has 0 saturated heterocycles. The van der Waals surface area contributed by atoms with Gasteiger partial charge in [0.25, 0.3) is 0 Å². The van der Waals surface area contributed by atoms with Crippen LogP contribution >= 0.6 is 35.0 Å². The molecule has 0 atom stereocenters. The Balaban J connectivity index is 1.47. The van der Waals surface area contributed by atoms with Crippen LogP contribution < -0.4 is 10.6 Å². The van der Waals surface area contributed by atoms with Crippen molar-refractivity contribution in [1.29, 1.82) is 0 Å². The normalized spacial score (nSPS) is 10.6. The number of hydrogen-bond acceptors (Lipinski definition) is 5. The maximum absolute atomic E-state index is 12.0. The molecule has 3 rings (SSSR count). The van der Waals surface area contributed by atoms with E-state index in [1.54, 1.807) is 18.2 Å². The highest BCUT2D eigenvalue weighted by atomic mass is 35.5. The van der Waals surface area contributed by atoms with E-state index in [4.69, 9.17) is 23.2 Å². The summed E-state index contributed by atoms with van der Waals surface area (Å²) in [7, 11) is 0. The van der Waals surface area contributed by atoms with E-state index in [1.807, 2.05) is 25.1 Å². The summed E-state index contributed by atoms with van der Waals surface area (Å²) in [5.41, 5.74) is 2.79. The average Bonchev–Trinajstić information content (AvgIpc) is 3.09. The van der Waals surface area contributed by atoms with E-state index in [2.05, 4.69) is 31.9 Å². The van der Waals surface area contributed by atoms with E-state index >= 15 is 0 Å². The van der Waals surface area contributed by atoms with Crippen LogP contribution in [0.1, 0.15) is 11.4 Å². The molecule has 27 heavy (non-hydrogen) atoms. The molecule has 0 aliphatic heterocycles. The van der Waals surface area contributed by atoms with Crippen LogP contribution in [0.15, 0.2) is 47.6 Å². The Labute approximate surface area is 171 Å². The minimum Gasteiger partial charge on any atom is -0.378 e. The first kappa shape index (κ1) is 19.5. The molecule has 6 nitrogen and oxygen atoms in total. The van der Waals surface area contributed by atoms with Crippen LogP contribution in [-0.2, 0) is 11.3 Å². The maximum Gasteiger partial charge on any atom is 0.234 e. The van der Waals surface area contributed by atoms with Gasteiger partial charge in [0.1, 0.15) is 5.82 Å². The number of aromatic nitrogens is 3. The third-order valence-corrected chi connectivity index (χ3v) is 5.11. The van der Waals surface area contributed by atoms with Gasteiger partial charge in [0.15, 0.2) is 0 Å². The lowest BCUT2D eigenvalue weighted by Crippen LogP contribution is -2.14. The van der Waals surface area contributed by atoms with Gasteiger partial charge in [0, 0.05) is 11.4 Å². The first-order chi connectivity index (χ1) is 13.0. The second kappa shape index (κ2) is 9.12. The number of nitrogens with one attached hydrogen (secondary N) is 3. The number of anilines is 2. The number of halogens is 2. The summed E-state index contributed by atoms with van der Waals surface area (Å²) in [5, 5.41) is 14.4. The lowest BCUT2D eigenvalue weighted by Gasteiger charge is -2.05. The number of carbonyl (C=O) groups excluding carboxylic acids is 1. The third-order valence-electron chi connectivity index (χ3n) is 3.52. The van der Waals surface area contributed by atoms with E-state index in [0.29, 0.717) is 33.3 Å². The van der Waals surface area contributed by atoms with E-state index in [0.717, 1.165) is 5.69 Å². The van der Waals surface area contributed by atoms with Crippen LogP contribution in [0.25, 0.3) is 0 Å². The van der Waals surface area contributed by atoms with Crippen molar-refractivity contribution in [2.75, 3.05) is 16.4 Å². The predicted molar refractivity (Wildman–Crippen MR) is 111 cm³/mol. The lowest BCUT2D eigenvalue weighted by atomic mass is 10.2. The Morgan fingerprint density at radius 3 is 2.78 bits per heavy atom. The van der Waals surface area contributed by atoms with Crippen LogP contribution in [-0.4, -0.2) is 26.8 Å². The highest BCUT2D eigenvalue weighted by Crippen LogP contribution is 2.25. The van der Waals surface area contributed by atoms with Gasteiger partial charge < -0.3 is 10.6 Å². The van der Waals surface area contributed by atoms with Crippen LogP contribution in [0.5, 0.6) is 0 Å². The Kier molecular flexibility index (Phi) is 6.60. The van der Waals surface area contributed by atoms with Crippen molar-refractivity contribution < 1.29 is 4.79 Å². The molecule has 0 fully saturated rings. The number of carbonyl (C=O) groups is 1. The number of thioether (sulfide) groups is 1. The van der Waals surface area contributed by atoms with Gasteiger partial charge in [-0.05, 0) is 42.8 Å². The van der Waals surface area contributed by atoms with Crippen LogP contribution in [0.2, 0.25) is 10.0 Å². The highest BCUT2D eigenvalue weighted by molar-refractivity contribution is 7.99. The van der Waals surface area contributed by atoms with Crippen molar-refractivity contribution in [3.63, 3.8) is 0 Å². The molecule has 3 N–H and O–H groups in total. The molecule has 0 aliphatic rings. The number of nitrogens with zero attached hydrogens (tertiary/aromatic N) is 2. The number of rotatable bonds is 7. The van der Waals surface area contributed by atoms with E-state index in [-0.39, 0.29) is 11.7 Å². The van der Waals surface area contributed by atoms with Crippen molar-refractivity contribution >= 4 is 52.2 Å². The van der Waals surface area contributed by atoms with Crippen molar-refractivity contribution in [2.24, 2.45) is 0 Å². The average molecular weight is 422 g/mol.